The lowest BCUT2D eigenvalue weighted by Crippen LogP contribution is -2.00. The topological polar surface area (TPSA) is 77.2 Å². The van der Waals surface area contributed by atoms with Crippen LogP contribution >= 0.6 is 23.1 Å². The number of fused-ring (bicyclic) bond motifs is 1. The van der Waals surface area contributed by atoms with Crippen LogP contribution in [0.3, 0.4) is 0 Å². The van der Waals surface area contributed by atoms with Crippen molar-refractivity contribution in [3.05, 3.63) is 60.4 Å². The lowest BCUT2D eigenvalue weighted by atomic mass is 10.2. The van der Waals surface area contributed by atoms with Gasteiger partial charge in [0, 0.05) is 5.39 Å². The van der Waals surface area contributed by atoms with Crippen molar-refractivity contribution >= 4 is 50.7 Å². The Kier molecular flexibility index (Phi) is 5.08. The van der Waals surface area contributed by atoms with Gasteiger partial charge < -0.3 is 14.5 Å². The molecular formula is C19H15N3O3S2. The van der Waals surface area contributed by atoms with Gasteiger partial charge in [-0.05, 0) is 24.3 Å². The minimum Gasteiger partial charge on any atom is -0.495 e. The van der Waals surface area contributed by atoms with Gasteiger partial charge in [-0.3, -0.25) is 4.79 Å². The van der Waals surface area contributed by atoms with E-state index in [1.165, 1.54) is 23.1 Å². The van der Waals surface area contributed by atoms with Crippen molar-refractivity contribution in [1.82, 2.24) is 10.2 Å². The normalized spacial score (nSPS) is 10.9. The molecule has 0 atom stereocenters. The summed E-state index contributed by atoms with van der Waals surface area (Å²) in [5.41, 5.74) is 1.52. The van der Waals surface area contributed by atoms with Crippen molar-refractivity contribution in [3.63, 3.8) is 0 Å². The first-order chi connectivity index (χ1) is 13.2. The maximum atomic E-state index is 12.4. The zero-order valence-electron chi connectivity index (χ0n) is 14.3. The van der Waals surface area contributed by atoms with Crippen molar-refractivity contribution in [3.8, 4) is 5.75 Å². The van der Waals surface area contributed by atoms with E-state index in [9.17, 15) is 4.79 Å². The van der Waals surface area contributed by atoms with Crippen LogP contribution in [-0.4, -0.2) is 28.8 Å². The van der Waals surface area contributed by atoms with Crippen LogP contribution in [0.2, 0.25) is 0 Å². The van der Waals surface area contributed by atoms with Crippen molar-refractivity contribution < 1.29 is 13.9 Å². The van der Waals surface area contributed by atoms with Gasteiger partial charge in [-0.1, -0.05) is 53.4 Å². The predicted molar refractivity (Wildman–Crippen MR) is 107 cm³/mol. The van der Waals surface area contributed by atoms with Gasteiger partial charge in [-0.15, -0.1) is 10.2 Å². The zero-order chi connectivity index (χ0) is 18.6. The van der Waals surface area contributed by atoms with Crippen LogP contribution in [0.15, 0.2) is 63.4 Å². The quantitative estimate of drug-likeness (QED) is 0.347. The van der Waals surface area contributed by atoms with Gasteiger partial charge >= 0.3 is 0 Å². The summed E-state index contributed by atoms with van der Waals surface area (Å²) in [5, 5.41) is 13.0. The molecule has 2 aromatic carbocycles. The lowest BCUT2D eigenvalue weighted by Gasteiger charge is -2.07. The van der Waals surface area contributed by atoms with Crippen LogP contribution in [0, 0.1) is 0 Å². The van der Waals surface area contributed by atoms with Gasteiger partial charge in [0.25, 0.3) is 0 Å². The summed E-state index contributed by atoms with van der Waals surface area (Å²) < 4.78 is 11.6. The number of ether oxygens (including phenoxy) is 1. The van der Waals surface area contributed by atoms with E-state index >= 15 is 0 Å². The number of furan rings is 1. The summed E-state index contributed by atoms with van der Waals surface area (Å²) in [6, 6.07) is 16.9. The second-order valence-electron chi connectivity index (χ2n) is 5.56. The molecule has 0 saturated heterocycles. The number of aromatic nitrogens is 2. The second-order valence-corrected chi connectivity index (χ2v) is 7.76. The molecule has 136 valence electrons. The fraction of sp³-hybridized carbons (Fsp3) is 0.105. The number of rotatable bonds is 7. The third kappa shape index (κ3) is 3.96. The third-order valence-electron chi connectivity index (χ3n) is 3.78. The molecule has 0 fully saturated rings. The van der Waals surface area contributed by atoms with Crippen LogP contribution in [0.4, 0.5) is 10.8 Å². The number of methoxy groups -OCH3 is 1. The molecule has 2 aromatic heterocycles. The number of nitrogens with zero attached hydrogens (tertiary/aromatic N) is 2. The SMILES string of the molecule is COc1ccccc1Nc1nnc(SCC(=O)c2cc3ccccc3o2)s1. The molecule has 4 aromatic rings. The number of benzene rings is 2. The maximum absolute atomic E-state index is 12.4. The molecule has 0 amide bonds. The molecule has 0 spiro atoms. The zero-order valence-corrected chi connectivity index (χ0v) is 16.0. The molecule has 0 aliphatic carbocycles. The Balaban J connectivity index is 1.40. The lowest BCUT2D eigenvalue weighted by molar-refractivity contribution is 0.0994. The van der Waals surface area contributed by atoms with E-state index < -0.39 is 0 Å². The van der Waals surface area contributed by atoms with Crippen molar-refractivity contribution in [1.29, 1.82) is 0 Å². The second kappa shape index (κ2) is 7.81. The summed E-state index contributed by atoms with van der Waals surface area (Å²) in [6.45, 7) is 0. The van der Waals surface area contributed by atoms with Crippen molar-refractivity contribution in [2.24, 2.45) is 0 Å². The van der Waals surface area contributed by atoms with Crippen molar-refractivity contribution in [2.75, 3.05) is 18.2 Å². The number of ketones is 1. The summed E-state index contributed by atoms with van der Waals surface area (Å²) in [6.07, 6.45) is 0. The Morgan fingerprint density at radius 2 is 2.00 bits per heavy atom. The standard InChI is InChI=1S/C19H15N3O3S2/c1-24-16-9-5-3-7-13(16)20-18-21-22-19(27-18)26-11-14(23)17-10-12-6-2-4-8-15(12)25-17/h2-10H,11H2,1H3,(H,20,21). The van der Waals surface area contributed by atoms with E-state index in [0.717, 1.165) is 16.8 Å². The van der Waals surface area contributed by atoms with Crippen molar-refractivity contribution in [2.45, 2.75) is 4.34 Å². The highest BCUT2D eigenvalue weighted by Gasteiger charge is 2.15. The molecule has 0 bridgehead atoms. The van der Waals surface area contributed by atoms with E-state index in [0.29, 0.717) is 20.8 Å². The molecule has 0 aliphatic heterocycles. The van der Waals surface area contributed by atoms with Crippen LogP contribution in [0.25, 0.3) is 11.0 Å². The number of hydrogen-bond acceptors (Lipinski definition) is 8. The number of anilines is 2. The first kappa shape index (κ1) is 17.6. The van der Waals surface area contributed by atoms with Crippen LogP contribution in [0.5, 0.6) is 5.75 Å². The fourth-order valence-corrected chi connectivity index (χ4v) is 4.13. The molecule has 4 rings (SSSR count). The van der Waals surface area contributed by atoms with Gasteiger partial charge in [0.1, 0.15) is 11.3 Å². The fourth-order valence-electron chi connectivity index (χ4n) is 2.50. The molecule has 8 heteroatoms. The van der Waals surface area contributed by atoms with Gasteiger partial charge in [0.15, 0.2) is 10.1 Å². The number of carbonyl (C=O) groups excluding carboxylic acids is 1. The highest BCUT2D eigenvalue weighted by molar-refractivity contribution is 8.01. The van der Waals surface area contributed by atoms with Gasteiger partial charge in [0.2, 0.25) is 10.9 Å². The van der Waals surface area contributed by atoms with Crippen LogP contribution in [-0.2, 0) is 0 Å². The Bertz CT molecular complexity index is 1060. The first-order valence-electron chi connectivity index (χ1n) is 8.11. The van der Waals surface area contributed by atoms with Gasteiger partial charge in [-0.2, -0.15) is 0 Å². The predicted octanol–water partition coefficient (Wildman–Crippen LogP) is 5.01. The number of hydrogen-bond donors (Lipinski definition) is 1. The van der Waals surface area contributed by atoms with E-state index in [1.54, 1.807) is 13.2 Å². The average molecular weight is 397 g/mol. The minimum atomic E-state index is -0.0781. The number of Topliss-reactive ketones (excluding diaryl/α,β-unsaturated/α-hetero) is 1. The Labute approximate surface area is 163 Å². The Morgan fingerprint density at radius 1 is 1.19 bits per heavy atom. The number of para-hydroxylation sites is 3. The minimum absolute atomic E-state index is 0.0781. The van der Waals surface area contributed by atoms with E-state index in [-0.39, 0.29) is 11.5 Å². The first-order valence-corrected chi connectivity index (χ1v) is 9.91. The summed E-state index contributed by atoms with van der Waals surface area (Å²) in [5.74, 6) is 1.25. The van der Waals surface area contributed by atoms with E-state index in [2.05, 4.69) is 15.5 Å². The van der Waals surface area contributed by atoms with Crippen LogP contribution < -0.4 is 10.1 Å². The van der Waals surface area contributed by atoms with E-state index in [1.807, 2.05) is 48.5 Å². The number of carbonyl (C=O) groups is 1. The van der Waals surface area contributed by atoms with Gasteiger partial charge in [-0.25, -0.2) is 0 Å². The molecule has 6 nitrogen and oxygen atoms in total. The summed E-state index contributed by atoms with van der Waals surface area (Å²) >= 11 is 2.72. The molecule has 27 heavy (non-hydrogen) atoms. The largest absolute Gasteiger partial charge is 0.495 e. The third-order valence-corrected chi connectivity index (χ3v) is 5.75. The molecule has 0 radical (unpaired) electrons. The maximum Gasteiger partial charge on any atom is 0.210 e. The molecule has 2 heterocycles. The van der Waals surface area contributed by atoms with Gasteiger partial charge in [0.05, 0.1) is 18.6 Å². The number of nitrogens with one attached hydrogen (secondary N) is 1. The molecular weight excluding hydrogens is 382 g/mol. The molecule has 0 unspecified atom stereocenters. The summed E-state index contributed by atoms with van der Waals surface area (Å²) in [4.78, 5) is 12.4. The number of thioether (sulfide) groups is 1. The Morgan fingerprint density at radius 3 is 2.85 bits per heavy atom. The monoisotopic (exact) mass is 397 g/mol. The Hall–Kier alpha value is -2.84. The molecule has 0 saturated carbocycles. The highest BCUT2D eigenvalue weighted by atomic mass is 32.2. The molecule has 1 N–H and O–H groups in total. The summed E-state index contributed by atoms with van der Waals surface area (Å²) in [7, 11) is 1.62. The van der Waals surface area contributed by atoms with E-state index in [4.69, 9.17) is 9.15 Å². The van der Waals surface area contributed by atoms with Crippen LogP contribution in [0.1, 0.15) is 10.6 Å². The highest BCUT2D eigenvalue weighted by Crippen LogP contribution is 2.32. The average Bonchev–Trinajstić information content (AvgIpc) is 3.33. The molecule has 0 aliphatic rings. The smallest absolute Gasteiger partial charge is 0.210 e.